The molecule has 1 heterocycles. The molecule has 7 nitrogen and oxygen atoms in total. The number of primary amides is 1. The van der Waals surface area contributed by atoms with E-state index >= 15 is 0 Å². The summed E-state index contributed by atoms with van der Waals surface area (Å²) in [4.78, 5) is 24.0. The zero-order valence-electron chi connectivity index (χ0n) is 10.9. The number of carbonyl (C=O) groups excluding carboxylic acids is 2. The Bertz CT molecular complexity index is 489. The lowest BCUT2D eigenvalue weighted by atomic mass is 10.2. The van der Waals surface area contributed by atoms with Gasteiger partial charge < -0.3 is 25.8 Å². The van der Waals surface area contributed by atoms with Crippen molar-refractivity contribution in [2.24, 2.45) is 5.73 Å². The fraction of sp³-hybridized carbons (Fsp3) is 0.385. The number of morpholine rings is 1. The van der Waals surface area contributed by atoms with Crippen LogP contribution in [0.2, 0.25) is 0 Å². The topological polar surface area (TPSA) is 105 Å². The number of rotatable bonds is 5. The van der Waals surface area contributed by atoms with Crippen molar-refractivity contribution in [1.29, 1.82) is 0 Å². The third-order valence-electron chi connectivity index (χ3n) is 2.99. The number of carbonyl (C=O) groups is 2. The van der Waals surface area contributed by atoms with E-state index in [0.717, 1.165) is 11.4 Å². The highest BCUT2D eigenvalue weighted by Gasteiger charge is 2.19. The summed E-state index contributed by atoms with van der Waals surface area (Å²) in [7, 11) is 0. The standard InChI is InChI=1S/C13H17N3O4/c14-13(19)11(17)7-15-9-1-3-10(4-2-9)16-5-6-20-8-12(16)18/h1-4,11,15,17H,5-8H2,(H2,14,19)/t11-/m1/s1. The van der Waals surface area contributed by atoms with Gasteiger partial charge in [0.05, 0.1) is 6.61 Å². The van der Waals surface area contributed by atoms with Crippen LogP contribution in [0.4, 0.5) is 11.4 Å². The van der Waals surface area contributed by atoms with E-state index in [1.807, 2.05) is 0 Å². The fourth-order valence-corrected chi connectivity index (χ4v) is 1.87. The third-order valence-corrected chi connectivity index (χ3v) is 2.99. The molecule has 1 aliphatic heterocycles. The molecular weight excluding hydrogens is 262 g/mol. The lowest BCUT2D eigenvalue weighted by molar-refractivity contribution is -0.126. The maximum atomic E-state index is 11.7. The van der Waals surface area contributed by atoms with Crippen molar-refractivity contribution in [2.75, 3.05) is 36.5 Å². The van der Waals surface area contributed by atoms with E-state index in [0.29, 0.717) is 13.2 Å². The van der Waals surface area contributed by atoms with Gasteiger partial charge in [-0.1, -0.05) is 0 Å². The number of benzene rings is 1. The van der Waals surface area contributed by atoms with Crippen molar-refractivity contribution in [1.82, 2.24) is 0 Å². The van der Waals surface area contributed by atoms with Crippen LogP contribution in [-0.4, -0.2) is 49.3 Å². The average Bonchev–Trinajstić information content (AvgIpc) is 2.46. The monoisotopic (exact) mass is 279 g/mol. The summed E-state index contributed by atoms with van der Waals surface area (Å²) in [5.74, 6) is -0.839. The smallest absolute Gasteiger partial charge is 0.253 e. The first-order chi connectivity index (χ1) is 9.58. The number of nitrogens with one attached hydrogen (secondary N) is 1. The predicted molar refractivity (Wildman–Crippen MR) is 73.3 cm³/mol. The van der Waals surface area contributed by atoms with Crippen molar-refractivity contribution in [3.63, 3.8) is 0 Å². The normalized spacial score (nSPS) is 16.9. The Hall–Kier alpha value is -2.12. The highest BCUT2D eigenvalue weighted by atomic mass is 16.5. The molecule has 1 aromatic carbocycles. The number of nitrogens with two attached hydrogens (primary N) is 1. The maximum Gasteiger partial charge on any atom is 0.253 e. The molecule has 0 aromatic heterocycles. The Morgan fingerprint density at radius 1 is 1.45 bits per heavy atom. The van der Waals surface area contributed by atoms with E-state index in [1.54, 1.807) is 29.2 Å². The lowest BCUT2D eigenvalue weighted by Gasteiger charge is -2.27. The second-order valence-corrected chi connectivity index (χ2v) is 4.44. The molecule has 2 rings (SSSR count). The number of amides is 2. The molecule has 0 bridgehead atoms. The van der Waals surface area contributed by atoms with Crippen LogP contribution in [0.1, 0.15) is 0 Å². The molecular formula is C13H17N3O4. The first-order valence-corrected chi connectivity index (χ1v) is 6.27. The minimum Gasteiger partial charge on any atom is -0.382 e. The Labute approximate surface area is 116 Å². The highest BCUT2D eigenvalue weighted by Crippen LogP contribution is 2.19. The fourth-order valence-electron chi connectivity index (χ4n) is 1.87. The van der Waals surface area contributed by atoms with Gasteiger partial charge in [0.1, 0.15) is 12.7 Å². The van der Waals surface area contributed by atoms with Crippen LogP contribution in [0, 0.1) is 0 Å². The maximum absolute atomic E-state index is 11.7. The van der Waals surface area contributed by atoms with Crippen molar-refractivity contribution in [2.45, 2.75) is 6.10 Å². The Morgan fingerprint density at radius 2 is 2.15 bits per heavy atom. The number of aliphatic hydroxyl groups is 1. The molecule has 1 fully saturated rings. The van der Waals surface area contributed by atoms with Crippen LogP contribution >= 0.6 is 0 Å². The summed E-state index contributed by atoms with van der Waals surface area (Å²) in [6.45, 7) is 1.21. The van der Waals surface area contributed by atoms with Gasteiger partial charge >= 0.3 is 0 Å². The molecule has 1 aliphatic rings. The Kier molecular flexibility index (Phi) is 4.54. The van der Waals surface area contributed by atoms with E-state index < -0.39 is 12.0 Å². The third kappa shape index (κ3) is 3.46. The summed E-state index contributed by atoms with van der Waals surface area (Å²) in [6, 6.07) is 7.13. The summed E-state index contributed by atoms with van der Waals surface area (Å²) in [5, 5.41) is 12.2. The van der Waals surface area contributed by atoms with Gasteiger partial charge in [-0.2, -0.15) is 0 Å². The number of anilines is 2. The zero-order chi connectivity index (χ0) is 14.5. The van der Waals surface area contributed by atoms with Gasteiger partial charge in [0.2, 0.25) is 5.91 Å². The number of ether oxygens (including phenoxy) is 1. The predicted octanol–water partition coefficient (Wildman–Crippen LogP) is -0.692. The number of hydrogen-bond acceptors (Lipinski definition) is 5. The molecule has 0 aliphatic carbocycles. The first-order valence-electron chi connectivity index (χ1n) is 6.27. The van der Waals surface area contributed by atoms with Gasteiger partial charge in [0, 0.05) is 24.5 Å². The second kappa shape index (κ2) is 6.36. The molecule has 0 spiro atoms. The minimum absolute atomic E-state index is 0.0468. The largest absolute Gasteiger partial charge is 0.382 e. The second-order valence-electron chi connectivity index (χ2n) is 4.44. The molecule has 2 amide bonds. The van der Waals surface area contributed by atoms with Crippen molar-refractivity contribution >= 4 is 23.2 Å². The van der Waals surface area contributed by atoms with Gasteiger partial charge in [0.15, 0.2) is 0 Å². The summed E-state index contributed by atoms with van der Waals surface area (Å²) >= 11 is 0. The molecule has 7 heteroatoms. The molecule has 20 heavy (non-hydrogen) atoms. The molecule has 0 unspecified atom stereocenters. The zero-order valence-corrected chi connectivity index (χ0v) is 10.9. The van der Waals surface area contributed by atoms with Crippen molar-refractivity contribution < 1.29 is 19.4 Å². The van der Waals surface area contributed by atoms with Crippen LogP contribution in [0.25, 0.3) is 0 Å². The van der Waals surface area contributed by atoms with Crippen molar-refractivity contribution in [3.05, 3.63) is 24.3 Å². The van der Waals surface area contributed by atoms with E-state index in [4.69, 9.17) is 10.5 Å². The van der Waals surface area contributed by atoms with Crippen LogP contribution < -0.4 is 16.0 Å². The highest BCUT2D eigenvalue weighted by molar-refractivity contribution is 5.95. The molecule has 1 aromatic rings. The Morgan fingerprint density at radius 3 is 2.75 bits per heavy atom. The lowest BCUT2D eigenvalue weighted by Crippen LogP contribution is -2.41. The Balaban J connectivity index is 1.95. The van der Waals surface area contributed by atoms with E-state index in [-0.39, 0.29) is 19.1 Å². The first kappa shape index (κ1) is 14.3. The number of nitrogens with zero attached hydrogens (tertiary/aromatic N) is 1. The molecule has 108 valence electrons. The average molecular weight is 279 g/mol. The number of hydrogen-bond donors (Lipinski definition) is 3. The molecule has 4 N–H and O–H groups in total. The van der Waals surface area contributed by atoms with Crippen LogP contribution in [0.3, 0.4) is 0 Å². The summed E-state index contributed by atoms with van der Waals surface area (Å²) in [6.07, 6.45) is -1.23. The van der Waals surface area contributed by atoms with Crippen LogP contribution in [-0.2, 0) is 14.3 Å². The van der Waals surface area contributed by atoms with E-state index in [1.165, 1.54) is 0 Å². The van der Waals surface area contributed by atoms with Gasteiger partial charge in [0.25, 0.3) is 5.91 Å². The van der Waals surface area contributed by atoms with E-state index in [2.05, 4.69) is 5.32 Å². The molecule has 0 radical (unpaired) electrons. The SMILES string of the molecule is NC(=O)[C@H](O)CNc1ccc(N2CCOCC2=O)cc1. The number of aliphatic hydroxyl groups excluding tert-OH is 1. The van der Waals surface area contributed by atoms with Crippen LogP contribution in [0.15, 0.2) is 24.3 Å². The molecule has 1 atom stereocenters. The van der Waals surface area contributed by atoms with E-state index in [9.17, 15) is 14.7 Å². The van der Waals surface area contributed by atoms with Gasteiger partial charge in [-0.25, -0.2) is 0 Å². The van der Waals surface area contributed by atoms with Gasteiger partial charge in [-0.15, -0.1) is 0 Å². The minimum atomic E-state index is -1.23. The molecule has 0 saturated carbocycles. The summed E-state index contributed by atoms with van der Waals surface area (Å²) in [5.41, 5.74) is 6.47. The van der Waals surface area contributed by atoms with Gasteiger partial charge in [-0.05, 0) is 24.3 Å². The summed E-state index contributed by atoms with van der Waals surface area (Å²) < 4.78 is 5.07. The van der Waals surface area contributed by atoms with Gasteiger partial charge in [-0.3, -0.25) is 9.59 Å². The van der Waals surface area contributed by atoms with Crippen LogP contribution in [0.5, 0.6) is 0 Å². The van der Waals surface area contributed by atoms with Crippen molar-refractivity contribution in [3.8, 4) is 0 Å². The quantitative estimate of drug-likeness (QED) is 0.661. The molecule has 1 saturated heterocycles.